The van der Waals surface area contributed by atoms with Crippen molar-refractivity contribution in [2.24, 2.45) is 0 Å². The average Bonchev–Trinajstić information content (AvgIpc) is 2.28. The molecule has 1 aliphatic rings. The highest BCUT2D eigenvalue weighted by Crippen LogP contribution is 2.22. The molecule has 0 spiro atoms. The Labute approximate surface area is 104 Å². The highest BCUT2D eigenvalue weighted by Gasteiger charge is 2.41. The van der Waals surface area contributed by atoms with E-state index in [0.717, 1.165) is 0 Å². The maximum Gasteiger partial charge on any atom is 0.114 e. The van der Waals surface area contributed by atoms with Gasteiger partial charge in [0.05, 0.1) is 13.2 Å². The van der Waals surface area contributed by atoms with E-state index < -0.39 is 0 Å². The largest absolute Gasteiger partial charge is 0.376 e. The van der Waals surface area contributed by atoms with Crippen molar-refractivity contribution >= 4 is 23.0 Å². The maximum atomic E-state index is 5.60. The zero-order valence-corrected chi connectivity index (χ0v) is 11.3. The molecule has 4 unspecified atom stereocenters. The first kappa shape index (κ1) is 13.6. The van der Waals surface area contributed by atoms with Crippen LogP contribution in [0.1, 0.15) is 0 Å². The lowest BCUT2D eigenvalue weighted by molar-refractivity contribution is -0.214. The fourth-order valence-corrected chi connectivity index (χ4v) is 2.16. The van der Waals surface area contributed by atoms with Gasteiger partial charge in [0.25, 0.3) is 0 Å². The van der Waals surface area contributed by atoms with Crippen LogP contribution in [-0.4, -0.2) is 59.0 Å². The summed E-state index contributed by atoms with van der Waals surface area (Å²) in [6.45, 7) is 0.981. The second-order valence-electron chi connectivity index (χ2n) is 3.32. The predicted octanol–water partition coefficient (Wildman–Crippen LogP) is 0.797. The average molecular weight is 332 g/mol. The van der Waals surface area contributed by atoms with Gasteiger partial charge in [-0.1, -0.05) is 0 Å². The number of halogens is 1. The van der Waals surface area contributed by atoms with E-state index in [9.17, 15) is 0 Å². The summed E-state index contributed by atoms with van der Waals surface area (Å²) < 4.78 is 26.7. The summed E-state index contributed by atoms with van der Waals surface area (Å²) in [5.74, 6) is 0. The van der Waals surface area contributed by atoms with Gasteiger partial charge in [-0.3, -0.25) is 0 Å². The molecule has 5 nitrogen and oxygen atoms in total. The first-order valence-corrected chi connectivity index (χ1v) is 5.60. The molecule has 1 fully saturated rings. The van der Waals surface area contributed by atoms with Gasteiger partial charge in [0.15, 0.2) is 0 Å². The molecule has 0 bridgehead atoms. The third-order valence-corrected chi connectivity index (χ3v) is 2.97. The molecule has 6 heteroatoms. The molecule has 1 aliphatic heterocycles. The van der Waals surface area contributed by atoms with Crippen LogP contribution in [0.25, 0.3) is 0 Å². The Morgan fingerprint density at radius 2 is 1.80 bits per heavy atom. The van der Waals surface area contributed by atoms with E-state index in [1.54, 1.807) is 21.3 Å². The Morgan fingerprint density at radius 3 is 2.27 bits per heavy atom. The van der Waals surface area contributed by atoms with Crippen LogP contribution in [0, 0.1) is 0 Å². The highest BCUT2D eigenvalue weighted by molar-refractivity contribution is 14.1. The van der Waals surface area contributed by atoms with Crippen LogP contribution in [0.5, 0.6) is 0 Å². The van der Waals surface area contributed by atoms with Crippen molar-refractivity contribution in [2.75, 3.05) is 34.5 Å². The van der Waals surface area contributed by atoms with Crippen LogP contribution >= 0.6 is 23.0 Å². The van der Waals surface area contributed by atoms with E-state index in [0.29, 0.717) is 13.2 Å². The Balaban J connectivity index is 2.65. The SMILES string of the molecule is COC1COC(COI)C(OC)C1OC. The number of hydrogen-bond donors (Lipinski definition) is 0. The molecule has 0 radical (unpaired) electrons. The molecule has 0 aromatic carbocycles. The quantitative estimate of drug-likeness (QED) is 0.697. The molecular formula is C9H17IO5. The monoisotopic (exact) mass is 332 g/mol. The summed E-state index contributed by atoms with van der Waals surface area (Å²) in [4.78, 5) is 0. The van der Waals surface area contributed by atoms with Crippen LogP contribution in [0.2, 0.25) is 0 Å². The van der Waals surface area contributed by atoms with Crippen molar-refractivity contribution in [2.45, 2.75) is 24.4 Å². The number of rotatable bonds is 5. The number of ether oxygens (including phenoxy) is 4. The fourth-order valence-electron chi connectivity index (χ4n) is 1.81. The minimum absolute atomic E-state index is 0.0922. The zero-order chi connectivity index (χ0) is 11.3. The van der Waals surface area contributed by atoms with Gasteiger partial charge in [0, 0.05) is 21.3 Å². The molecule has 1 saturated heterocycles. The van der Waals surface area contributed by atoms with Gasteiger partial charge in [0.1, 0.15) is 47.4 Å². The molecule has 1 rings (SSSR count). The Bertz CT molecular complexity index is 180. The van der Waals surface area contributed by atoms with E-state index in [-0.39, 0.29) is 24.4 Å². The van der Waals surface area contributed by atoms with Gasteiger partial charge in [0.2, 0.25) is 0 Å². The van der Waals surface area contributed by atoms with Crippen molar-refractivity contribution in [3.8, 4) is 0 Å². The van der Waals surface area contributed by atoms with Gasteiger partial charge < -0.3 is 22.0 Å². The smallest absolute Gasteiger partial charge is 0.114 e. The molecule has 1 heterocycles. The van der Waals surface area contributed by atoms with E-state index in [4.69, 9.17) is 22.0 Å². The van der Waals surface area contributed by atoms with Crippen molar-refractivity contribution in [1.29, 1.82) is 0 Å². The molecule has 0 aliphatic carbocycles. The van der Waals surface area contributed by atoms with E-state index >= 15 is 0 Å². The summed E-state index contributed by atoms with van der Waals surface area (Å²) in [7, 11) is 4.93. The van der Waals surface area contributed by atoms with Crippen LogP contribution in [0.3, 0.4) is 0 Å². The maximum absolute atomic E-state index is 5.60. The van der Waals surface area contributed by atoms with Crippen molar-refractivity contribution in [3.63, 3.8) is 0 Å². The summed E-state index contributed by atoms with van der Waals surface area (Å²) in [5.41, 5.74) is 0. The third-order valence-electron chi connectivity index (χ3n) is 2.61. The van der Waals surface area contributed by atoms with Crippen LogP contribution in [0.4, 0.5) is 0 Å². The van der Waals surface area contributed by atoms with Crippen LogP contribution in [-0.2, 0) is 22.0 Å². The van der Waals surface area contributed by atoms with Gasteiger partial charge in [-0.15, -0.1) is 0 Å². The Morgan fingerprint density at radius 1 is 1.13 bits per heavy atom. The molecule has 0 aromatic rings. The van der Waals surface area contributed by atoms with Crippen molar-refractivity contribution < 1.29 is 22.0 Å². The van der Waals surface area contributed by atoms with Crippen LogP contribution < -0.4 is 0 Å². The second kappa shape index (κ2) is 6.97. The van der Waals surface area contributed by atoms with Crippen molar-refractivity contribution in [1.82, 2.24) is 0 Å². The van der Waals surface area contributed by atoms with Crippen LogP contribution in [0.15, 0.2) is 0 Å². The normalized spacial score (nSPS) is 36.8. The first-order chi connectivity index (χ1) is 7.28. The second-order valence-corrected chi connectivity index (χ2v) is 3.95. The lowest BCUT2D eigenvalue weighted by Crippen LogP contribution is -2.56. The molecule has 0 aromatic heterocycles. The summed E-state index contributed by atoms with van der Waals surface area (Å²) in [6, 6.07) is 0. The molecular weight excluding hydrogens is 315 g/mol. The Kier molecular flexibility index (Phi) is 6.32. The van der Waals surface area contributed by atoms with Gasteiger partial charge in [-0.2, -0.15) is 0 Å². The Hall–Kier alpha value is 0.530. The minimum Gasteiger partial charge on any atom is -0.376 e. The number of methoxy groups -OCH3 is 3. The predicted molar refractivity (Wildman–Crippen MR) is 62.1 cm³/mol. The summed E-state index contributed by atoms with van der Waals surface area (Å²) in [5, 5.41) is 0. The van der Waals surface area contributed by atoms with Gasteiger partial charge in [-0.05, 0) is 0 Å². The number of hydrogen-bond acceptors (Lipinski definition) is 5. The topological polar surface area (TPSA) is 46.2 Å². The molecule has 4 atom stereocenters. The van der Waals surface area contributed by atoms with Gasteiger partial charge >= 0.3 is 0 Å². The lowest BCUT2D eigenvalue weighted by Gasteiger charge is -2.40. The third kappa shape index (κ3) is 3.24. The standard InChI is InChI=1S/C9H17IO5/c1-11-6-4-14-7(5-15-10)9(13-3)8(6)12-2/h6-9H,4-5H2,1-3H3. The molecule has 0 saturated carbocycles. The lowest BCUT2D eigenvalue weighted by atomic mass is 10.00. The summed E-state index contributed by atoms with van der Waals surface area (Å²) in [6.07, 6.45) is -0.484. The van der Waals surface area contributed by atoms with Gasteiger partial charge in [-0.25, -0.2) is 0 Å². The first-order valence-electron chi connectivity index (χ1n) is 4.72. The summed E-state index contributed by atoms with van der Waals surface area (Å²) >= 11 is 1.84. The molecule has 15 heavy (non-hydrogen) atoms. The molecule has 0 amide bonds. The molecule has 90 valence electrons. The minimum atomic E-state index is -0.163. The van der Waals surface area contributed by atoms with E-state index in [1.807, 2.05) is 23.0 Å². The van der Waals surface area contributed by atoms with E-state index in [2.05, 4.69) is 0 Å². The van der Waals surface area contributed by atoms with Crippen molar-refractivity contribution in [3.05, 3.63) is 0 Å². The highest BCUT2D eigenvalue weighted by atomic mass is 127. The van der Waals surface area contributed by atoms with E-state index in [1.165, 1.54) is 0 Å². The fraction of sp³-hybridized carbons (Fsp3) is 1.00. The zero-order valence-electron chi connectivity index (χ0n) is 9.14. The molecule has 0 N–H and O–H groups in total.